The van der Waals surface area contributed by atoms with Crippen LogP contribution in [-0.4, -0.2) is 14.8 Å². The van der Waals surface area contributed by atoms with Gasteiger partial charge in [-0.05, 0) is 60.2 Å². The van der Waals surface area contributed by atoms with Crippen molar-refractivity contribution < 1.29 is 0 Å². The van der Waals surface area contributed by atoms with E-state index in [1.54, 1.807) is 11.8 Å². The molecule has 1 aliphatic heterocycles. The highest BCUT2D eigenvalue weighted by Gasteiger charge is 2.20. The lowest BCUT2D eigenvalue weighted by Gasteiger charge is -2.25. The highest BCUT2D eigenvalue weighted by molar-refractivity contribution is 7.99. The zero-order chi connectivity index (χ0) is 20.1. The van der Waals surface area contributed by atoms with E-state index in [0.29, 0.717) is 0 Å². The van der Waals surface area contributed by atoms with Crippen molar-refractivity contribution in [3.63, 3.8) is 0 Å². The quantitative estimate of drug-likeness (QED) is 0.367. The van der Waals surface area contributed by atoms with E-state index in [-0.39, 0.29) is 0 Å². The number of fused-ring (bicyclic) bond motifs is 3. The summed E-state index contributed by atoms with van der Waals surface area (Å²) in [4.78, 5) is 7.22. The number of anilines is 2. The van der Waals surface area contributed by atoms with Crippen molar-refractivity contribution in [3.05, 3.63) is 78.6 Å². The first-order valence-corrected chi connectivity index (χ1v) is 11.3. The summed E-state index contributed by atoms with van der Waals surface area (Å²) in [6.45, 7) is 5.35. The van der Waals surface area contributed by atoms with E-state index in [9.17, 15) is 0 Å². The Labute approximate surface area is 180 Å². The summed E-state index contributed by atoms with van der Waals surface area (Å²) in [5, 5.41) is 9.22. The van der Waals surface area contributed by atoms with Gasteiger partial charge in [-0.2, -0.15) is 5.10 Å². The van der Waals surface area contributed by atoms with Gasteiger partial charge in [-0.1, -0.05) is 43.0 Å². The third-order valence-electron chi connectivity index (χ3n) is 6.18. The Morgan fingerprint density at radius 1 is 1.03 bits per heavy atom. The van der Waals surface area contributed by atoms with Crippen molar-refractivity contribution in [3.8, 4) is 0 Å². The van der Waals surface area contributed by atoms with Crippen molar-refractivity contribution in [1.29, 1.82) is 0 Å². The highest BCUT2D eigenvalue weighted by atomic mass is 32.2. The number of nitrogens with one attached hydrogen (secondary N) is 1. The number of pyridine rings is 1. The lowest BCUT2D eigenvalue weighted by molar-refractivity contribution is 0.269. The van der Waals surface area contributed by atoms with Crippen LogP contribution in [0.1, 0.15) is 30.4 Å². The van der Waals surface area contributed by atoms with Crippen LogP contribution in [0.25, 0.3) is 16.6 Å². The minimum atomic E-state index is 0.760. The van der Waals surface area contributed by atoms with Crippen LogP contribution in [0.15, 0.2) is 77.3 Å². The van der Waals surface area contributed by atoms with Crippen molar-refractivity contribution in [2.24, 2.45) is 5.92 Å². The molecule has 0 spiro atoms. The van der Waals surface area contributed by atoms with Gasteiger partial charge in [0.15, 0.2) is 5.65 Å². The summed E-state index contributed by atoms with van der Waals surface area (Å²) in [5.74, 6) is 0.760. The third-order valence-corrected chi connectivity index (χ3v) is 7.34. The highest BCUT2D eigenvalue weighted by Crippen LogP contribution is 2.45. The number of hydrogen-bond donors (Lipinski definition) is 1. The maximum atomic E-state index is 4.74. The minimum absolute atomic E-state index is 0.760. The number of benzene rings is 2. The molecule has 4 nitrogen and oxygen atoms in total. The van der Waals surface area contributed by atoms with Gasteiger partial charge in [0, 0.05) is 33.5 Å². The molecule has 5 heteroatoms. The molecule has 1 fully saturated rings. The molecule has 0 radical (unpaired) electrons. The second-order valence-electron chi connectivity index (χ2n) is 8.17. The molecule has 0 unspecified atom stereocenters. The molecule has 0 saturated heterocycles. The van der Waals surface area contributed by atoms with Gasteiger partial charge in [0.25, 0.3) is 0 Å². The summed E-state index contributed by atoms with van der Waals surface area (Å²) in [6.07, 6.45) is 7.83. The number of para-hydroxylation sites is 1. The zero-order valence-corrected chi connectivity index (χ0v) is 17.5. The van der Waals surface area contributed by atoms with Crippen LogP contribution >= 0.6 is 11.8 Å². The molecule has 30 heavy (non-hydrogen) atoms. The van der Waals surface area contributed by atoms with Crippen LogP contribution in [0.5, 0.6) is 0 Å². The van der Waals surface area contributed by atoms with Crippen LogP contribution in [0, 0.1) is 5.92 Å². The average Bonchev–Trinajstić information content (AvgIpc) is 3.16. The van der Waals surface area contributed by atoms with E-state index in [0.717, 1.165) is 51.6 Å². The Morgan fingerprint density at radius 2 is 1.90 bits per heavy atom. The minimum Gasteiger partial charge on any atom is -0.354 e. The maximum absolute atomic E-state index is 4.74. The van der Waals surface area contributed by atoms with Gasteiger partial charge in [0.2, 0.25) is 0 Å². The number of rotatable bonds is 4. The smallest absolute Gasteiger partial charge is 0.157 e. The summed E-state index contributed by atoms with van der Waals surface area (Å²) in [6, 6.07) is 17.1. The summed E-state index contributed by atoms with van der Waals surface area (Å²) in [7, 11) is 0. The second-order valence-corrected chi connectivity index (χ2v) is 9.26. The lowest BCUT2D eigenvalue weighted by Crippen LogP contribution is -2.18. The fourth-order valence-electron chi connectivity index (χ4n) is 4.18. The summed E-state index contributed by atoms with van der Waals surface area (Å²) in [5.41, 5.74) is 6.36. The second kappa shape index (κ2) is 7.03. The normalized spacial score (nSPS) is 15.2. The Kier molecular flexibility index (Phi) is 4.16. The standard InChI is InChI=1S/C25H22N4S/c1-16(18-9-10-24-22(12-18)28-21-7-2-3-8-23(21)30-24)19-11-20-14-27-29(25(20)26-13-19)15-17-5-4-6-17/h2-3,7-14,17,28H,1,4-6,15H2. The molecule has 148 valence electrons. The first-order valence-electron chi connectivity index (χ1n) is 10.4. The fourth-order valence-corrected chi connectivity index (χ4v) is 5.15. The van der Waals surface area contributed by atoms with E-state index in [4.69, 9.17) is 4.98 Å². The molecule has 0 bridgehead atoms. The predicted octanol–water partition coefficient (Wildman–Crippen LogP) is 6.50. The topological polar surface area (TPSA) is 42.7 Å². The molecule has 2 aromatic heterocycles. The van der Waals surface area contributed by atoms with Crippen LogP contribution < -0.4 is 5.32 Å². The fraction of sp³-hybridized carbons (Fsp3) is 0.200. The lowest BCUT2D eigenvalue weighted by atomic mass is 9.85. The van der Waals surface area contributed by atoms with E-state index < -0.39 is 0 Å². The van der Waals surface area contributed by atoms with E-state index in [2.05, 4.69) is 70.2 Å². The van der Waals surface area contributed by atoms with E-state index >= 15 is 0 Å². The van der Waals surface area contributed by atoms with Crippen molar-refractivity contribution >= 4 is 39.7 Å². The van der Waals surface area contributed by atoms with Crippen LogP contribution in [0.3, 0.4) is 0 Å². The number of nitrogens with zero attached hydrogens (tertiary/aromatic N) is 3. The zero-order valence-electron chi connectivity index (χ0n) is 16.6. The van der Waals surface area contributed by atoms with Crippen molar-refractivity contribution in [1.82, 2.24) is 14.8 Å². The SMILES string of the molecule is C=C(c1ccc2c(c1)Nc1ccccc1S2)c1cnc2c(cnn2CC2CCC2)c1. The Balaban J connectivity index is 1.29. The van der Waals surface area contributed by atoms with Crippen LogP contribution in [-0.2, 0) is 6.54 Å². The molecule has 2 aromatic carbocycles. The number of aromatic nitrogens is 3. The van der Waals surface area contributed by atoms with Crippen LogP contribution in [0.2, 0.25) is 0 Å². The van der Waals surface area contributed by atoms with Gasteiger partial charge in [-0.3, -0.25) is 0 Å². The molecular formula is C25H22N4S. The predicted molar refractivity (Wildman–Crippen MR) is 123 cm³/mol. The molecule has 3 heterocycles. The maximum Gasteiger partial charge on any atom is 0.157 e. The van der Waals surface area contributed by atoms with E-state index in [1.807, 2.05) is 12.4 Å². The Morgan fingerprint density at radius 3 is 2.77 bits per heavy atom. The molecule has 2 aliphatic rings. The Hall–Kier alpha value is -3.05. The van der Waals surface area contributed by atoms with Gasteiger partial charge in [-0.25, -0.2) is 9.67 Å². The molecule has 6 rings (SSSR count). The van der Waals surface area contributed by atoms with Gasteiger partial charge < -0.3 is 5.32 Å². The molecule has 1 saturated carbocycles. The molecular weight excluding hydrogens is 388 g/mol. The van der Waals surface area contributed by atoms with Crippen LogP contribution in [0.4, 0.5) is 11.4 Å². The van der Waals surface area contributed by atoms with Gasteiger partial charge in [-0.15, -0.1) is 0 Å². The van der Waals surface area contributed by atoms with Gasteiger partial charge in [0.1, 0.15) is 0 Å². The average molecular weight is 411 g/mol. The third kappa shape index (κ3) is 3.01. The summed E-state index contributed by atoms with van der Waals surface area (Å²) >= 11 is 1.80. The molecule has 0 amide bonds. The monoisotopic (exact) mass is 410 g/mol. The Bertz CT molecular complexity index is 1290. The molecule has 1 N–H and O–H groups in total. The van der Waals surface area contributed by atoms with Gasteiger partial charge >= 0.3 is 0 Å². The molecule has 0 atom stereocenters. The molecule has 4 aromatic rings. The first-order chi connectivity index (χ1) is 14.7. The van der Waals surface area contributed by atoms with Gasteiger partial charge in [0.05, 0.1) is 17.6 Å². The largest absolute Gasteiger partial charge is 0.354 e. The van der Waals surface area contributed by atoms with Crippen molar-refractivity contribution in [2.75, 3.05) is 5.32 Å². The van der Waals surface area contributed by atoms with Crippen molar-refractivity contribution in [2.45, 2.75) is 35.6 Å². The molecule has 1 aliphatic carbocycles. The van der Waals surface area contributed by atoms with E-state index in [1.165, 1.54) is 29.1 Å². The summed E-state index contributed by atoms with van der Waals surface area (Å²) < 4.78 is 2.06. The number of hydrogen-bond acceptors (Lipinski definition) is 4. The first kappa shape index (κ1) is 17.8.